The van der Waals surface area contributed by atoms with Crippen LogP contribution in [0.3, 0.4) is 0 Å². The van der Waals surface area contributed by atoms with Gasteiger partial charge >= 0.3 is 0 Å². The van der Waals surface area contributed by atoms with Crippen molar-refractivity contribution in [3.63, 3.8) is 0 Å². The number of hydrogen-bond donors (Lipinski definition) is 1. The van der Waals surface area contributed by atoms with Gasteiger partial charge in [0.2, 0.25) is 0 Å². The molecule has 1 heterocycles. The van der Waals surface area contributed by atoms with Crippen molar-refractivity contribution < 1.29 is 9.84 Å². The van der Waals surface area contributed by atoms with Crippen LogP contribution in [0.2, 0.25) is 0 Å². The van der Waals surface area contributed by atoms with Crippen molar-refractivity contribution in [1.82, 2.24) is 0 Å². The van der Waals surface area contributed by atoms with Crippen molar-refractivity contribution in [3.05, 3.63) is 35.5 Å². The average molecular weight is 304 g/mol. The van der Waals surface area contributed by atoms with Gasteiger partial charge in [0.1, 0.15) is 0 Å². The molecule has 0 spiro atoms. The van der Waals surface area contributed by atoms with Crippen molar-refractivity contribution in [2.75, 3.05) is 13.2 Å². The number of ether oxygens (including phenoxy) is 1. The smallest absolute Gasteiger partial charge is 0.0971 e. The van der Waals surface area contributed by atoms with Gasteiger partial charge in [-0.25, -0.2) is 0 Å². The molecule has 0 aromatic carbocycles. The summed E-state index contributed by atoms with van der Waals surface area (Å²) in [4.78, 5) is 0. The van der Waals surface area contributed by atoms with Crippen LogP contribution >= 0.6 is 0 Å². The molecule has 1 N–H and O–H groups in total. The summed E-state index contributed by atoms with van der Waals surface area (Å²) in [6.07, 6.45) is 11.3. The zero-order valence-electron chi connectivity index (χ0n) is 14.5. The van der Waals surface area contributed by atoms with Crippen LogP contribution in [-0.4, -0.2) is 24.4 Å². The van der Waals surface area contributed by atoms with E-state index in [2.05, 4.69) is 33.4 Å². The number of rotatable bonds is 5. The zero-order valence-corrected chi connectivity index (χ0v) is 14.5. The van der Waals surface area contributed by atoms with Crippen LogP contribution in [0.5, 0.6) is 0 Å². The molecule has 0 bridgehead atoms. The minimum absolute atomic E-state index is 0.0784. The van der Waals surface area contributed by atoms with E-state index in [1.807, 2.05) is 6.08 Å². The molecule has 0 radical (unpaired) electrons. The summed E-state index contributed by atoms with van der Waals surface area (Å²) < 4.78 is 5.77. The maximum absolute atomic E-state index is 9.08. The highest BCUT2D eigenvalue weighted by Crippen LogP contribution is 2.45. The van der Waals surface area contributed by atoms with Gasteiger partial charge in [-0.1, -0.05) is 43.7 Å². The van der Waals surface area contributed by atoms with Gasteiger partial charge in [0.05, 0.1) is 19.3 Å². The highest BCUT2D eigenvalue weighted by Gasteiger charge is 2.34. The lowest BCUT2D eigenvalue weighted by molar-refractivity contribution is 0.155. The highest BCUT2D eigenvalue weighted by atomic mass is 16.5. The Morgan fingerprint density at radius 3 is 2.86 bits per heavy atom. The second kappa shape index (κ2) is 7.61. The van der Waals surface area contributed by atoms with Crippen molar-refractivity contribution >= 4 is 0 Å². The monoisotopic (exact) mass is 304 g/mol. The number of allylic oxidation sites excluding steroid dienone is 2. The zero-order chi connectivity index (χ0) is 16.2. The molecule has 2 aliphatic rings. The van der Waals surface area contributed by atoms with E-state index in [9.17, 15) is 0 Å². The summed E-state index contributed by atoms with van der Waals surface area (Å²) in [5.41, 5.74) is 4.46. The molecular formula is C20H32O2. The van der Waals surface area contributed by atoms with E-state index in [1.54, 1.807) is 0 Å². The molecule has 0 amide bonds. The summed E-state index contributed by atoms with van der Waals surface area (Å²) >= 11 is 0. The lowest BCUT2D eigenvalue weighted by Gasteiger charge is -2.40. The molecule has 1 aliphatic heterocycles. The highest BCUT2D eigenvalue weighted by molar-refractivity contribution is 5.22. The van der Waals surface area contributed by atoms with Crippen molar-refractivity contribution in [2.45, 2.75) is 65.4 Å². The maximum Gasteiger partial charge on any atom is 0.0971 e. The van der Waals surface area contributed by atoms with Gasteiger partial charge in [0.25, 0.3) is 0 Å². The maximum atomic E-state index is 9.08. The Kier molecular flexibility index (Phi) is 6.05. The van der Waals surface area contributed by atoms with Crippen molar-refractivity contribution in [1.29, 1.82) is 0 Å². The van der Waals surface area contributed by atoms with Gasteiger partial charge in [-0.2, -0.15) is 0 Å². The summed E-state index contributed by atoms with van der Waals surface area (Å²) in [5, 5.41) is 9.08. The standard InChI is InChI=1S/C20H32O2/c1-15(14-19-17(9-12-21)10-13-22-19)7-8-18-16(2)6-5-11-20(18,3)4/h9,14,18-19,21H,2,5-8,10-13H2,1,3-4H3/b15-14+,17-9+/t18-,19?/m0/s1. The summed E-state index contributed by atoms with van der Waals surface area (Å²) in [5.74, 6) is 0.640. The molecule has 0 aromatic heterocycles. The third-order valence-electron chi connectivity index (χ3n) is 5.43. The number of hydrogen-bond acceptors (Lipinski definition) is 2. The lowest BCUT2D eigenvalue weighted by Crippen LogP contribution is -2.29. The molecule has 22 heavy (non-hydrogen) atoms. The predicted octanol–water partition coefficient (Wildman–Crippen LogP) is 4.80. The van der Waals surface area contributed by atoms with Gasteiger partial charge in [-0.05, 0) is 62.4 Å². The predicted molar refractivity (Wildman–Crippen MR) is 92.8 cm³/mol. The Balaban J connectivity index is 1.94. The Morgan fingerprint density at radius 1 is 1.41 bits per heavy atom. The third kappa shape index (κ3) is 4.33. The van der Waals surface area contributed by atoms with Crippen molar-refractivity contribution in [3.8, 4) is 0 Å². The minimum Gasteiger partial charge on any atom is -0.392 e. The van der Waals surface area contributed by atoms with Crippen LogP contribution in [0.1, 0.15) is 59.3 Å². The van der Waals surface area contributed by atoms with Crippen LogP contribution in [-0.2, 0) is 4.74 Å². The Morgan fingerprint density at radius 2 is 2.18 bits per heavy atom. The summed E-state index contributed by atoms with van der Waals surface area (Å²) in [6, 6.07) is 0. The average Bonchev–Trinajstić information content (AvgIpc) is 2.85. The van der Waals surface area contributed by atoms with Crippen LogP contribution in [0, 0.1) is 11.3 Å². The Labute approximate surface area is 136 Å². The van der Waals surface area contributed by atoms with E-state index in [-0.39, 0.29) is 12.7 Å². The summed E-state index contributed by atoms with van der Waals surface area (Å²) in [7, 11) is 0. The molecule has 124 valence electrons. The molecule has 2 rings (SSSR count). The quantitative estimate of drug-likeness (QED) is 0.739. The third-order valence-corrected chi connectivity index (χ3v) is 5.43. The van der Waals surface area contributed by atoms with Crippen LogP contribution in [0.15, 0.2) is 35.5 Å². The first kappa shape index (κ1) is 17.5. The second-order valence-corrected chi connectivity index (χ2v) is 7.61. The summed E-state index contributed by atoms with van der Waals surface area (Å²) in [6.45, 7) is 12.2. The Hall–Kier alpha value is -0.860. The van der Waals surface area contributed by atoms with Crippen LogP contribution in [0.25, 0.3) is 0 Å². The molecular weight excluding hydrogens is 272 g/mol. The molecule has 2 fully saturated rings. The van der Waals surface area contributed by atoms with E-state index in [1.165, 1.54) is 42.4 Å². The van der Waals surface area contributed by atoms with Gasteiger partial charge in [0, 0.05) is 0 Å². The van der Waals surface area contributed by atoms with E-state index < -0.39 is 0 Å². The lowest BCUT2D eigenvalue weighted by atomic mass is 9.65. The Bertz CT molecular complexity index is 456. The minimum atomic E-state index is 0.0784. The van der Waals surface area contributed by atoms with Gasteiger partial charge in [0.15, 0.2) is 0 Å². The number of aliphatic hydroxyl groups excluding tert-OH is 1. The van der Waals surface area contributed by atoms with Crippen LogP contribution in [0.4, 0.5) is 0 Å². The van der Waals surface area contributed by atoms with Gasteiger partial charge in [-0.15, -0.1) is 0 Å². The van der Waals surface area contributed by atoms with E-state index in [0.29, 0.717) is 11.3 Å². The SMILES string of the molecule is C=C1CCCC(C)(C)[C@H]1CC/C(C)=C/C1OCC/C1=C\CO. The molecule has 2 heteroatoms. The molecule has 1 saturated heterocycles. The largest absolute Gasteiger partial charge is 0.392 e. The first-order chi connectivity index (χ1) is 10.4. The van der Waals surface area contributed by atoms with Gasteiger partial charge in [-0.3, -0.25) is 0 Å². The fraction of sp³-hybridized carbons (Fsp3) is 0.700. The molecule has 1 saturated carbocycles. The molecule has 2 nitrogen and oxygen atoms in total. The first-order valence-electron chi connectivity index (χ1n) is 8.70. The first-order valence-corrected chi connectivity index (χ1v) is 8.70. The van der Waals surface area contributed by atoms with E-state index >= 15 is 0 Å². The normalized spacial score (nSPS) is 31.0. The van der Waals surface area contributed by atoms with Crippen LogP contribution < -0.4 is 0 Å². The fourth-order valence-corrected chi connectivity index (χ4v) is 4.02. The topological polar surface area (TPSA) is 29.5 Å². The van der Waals surface area contributed by atoms with E-state index in [0.717, 1.165) is 19.4 Å². The number of aliphatic hydroxyl groups is 1. The molecule has 1 aliphatic carbocycles. The molecule has 2 atom stereocenters. The molecule has 0 aromatic rings. The van der Waals surface area contributed by atoms with Gasteiger partial charge < -0.3 is 9.84 Å². The molecule has 1 unspecified atom stereocenters. The van der Waals surface area contributed by atoms with E-state index in [4.69, 9.17) is 9.84 Å². The second-order valence-electron chi connectivity index (χ2n) is 7.61. The fourth-order valence-electron chi connectivity index (χ4n) is 4.02. The van der Waals surface area contributed by atoms with Crippen molar-refractivity contribution in [2.24, 2.45) is 11.3 Å².